The van der Waals surface area contributed by atoms with E-state index >= 15 is 0 Å². The third-order valence-corrected chi connectivity index (χ3v) is 4.27. The molecule has 2 aromatic carbocycles. The van der Waals surface area contributed by atoms with Crippen molar-refractivity contribution in [2.24, 2.45) is 5.73 Å². The van der Waals surface area contributed by atoms with Gasteiger partial charge in [0.25, 0.3) is 0 Å². The number of rotatable bonds is 3. The highest BCUT2D eigenvalue weighted by Crippen LogP contribution is 2.32. The third kappa shape index (κ3) is 3.31. The zero-order chi connectivity index (χ0) is 14.0. The average molecular weight is 406 g/mol. The molecule has 0 aromatic heterocycles. The van der Waals surface area contributed by atoms with Crippen LogP contribution in [0.3, 0.4) is 0 Å². The molecule has 0 spiro atoms. The van der Waals surface area contributed by atoms with Gasteiger partial charge in [-0.3, -0.25) is 0 Å². The molecule has 19 heavy (non-hydrogen) atoms. The average Bonchev–Trinajstić information content (AvgIpc) is 2.38. The van der Waals surface area contributed by atoms with Crippen LogP contribution in [0.25, 0.3) is 0 Å². The molecule has 0 saturated carbocycles. The maximum absolute atomic E-state index is 6.27. The molecule has 2 nitrogen and oxygen atoms in total. The fourth-order valence-electron chi connectivity index (χ4n) is 1.81. The fraction of sp³-hybridized carbons (Fsp3) is 0.143. The Balaban J connectivity index is 2.38. The van der Waals surface area contributed by atoms with Crippen LogP contribution in [0.15, 0.2) is 45.3 Å². The van der Waals surface area contributed by atoms with E-state index in [1.54, 1.807) is 7.11 Å². The van der Waals surface area contributed by atoms with E-state index in [2.05, 4.69) is 31.9 Å². The molecule has 0 saturated heterocycles. The summed E-state index contributed by atoms with van der Waals surface area (Å²) in [4.78, 5) is 0. The van der Waals surface area contributed by atoms with Crippen LogP contribution in [0.5, 0.6) is 5.75 Å². The van der Waals surface area contributed by atoms with Crippen molar-refractivity contribution in [3.05, 3.63) is 61.5 Å². The van der Waals surface area contributed by atoms with Gasteiger partial charge in [-0.05, 0) is 51.3 Å². The first-order chi connectivity index (χ1) is 9.02. The summed E-state index contributed by atoms with van der Waals surface area (Å²) in [5.74, 6) is 0.776. The van der Waals surface area contributed by atoms with Gasteiger partial charge in [0.1, 0.15) is 5.75 Å². The van der Waals surface area contributed by atoms with Gasteiger partial charge in [-0.25, -0.2) is 0 Å². The van der Waals surface area contributed by atoms with Crippen LogP contribution in [0.1, 0.15) is 17.2 Å². The standard InChI is InChI=1S/C14H12Br2ClNO/c1-19-13-5-2-8(6-11(13)16)14(18)10-4-3-9(15)7-12(10)17/h2-7,14H,18H2,1H3. The van der Waals surface area contributed by atoms with E-state index in [0.717, 1.165) is 25.8 Å². The minimum atomic E-state index is -0.275. The van der Waals surface area contributed by atoms with Gasteiger partial charge in [-0.2, -0.15) is 0 Å². The third-order valence-electron chi connectivity index (χ3n) is 2.83. The van der Waals surface area contributed by atoms with Crippen LogP contribution in [-0.4, -0.2) is 7.11 Å². The Bertz CT molecular complexity index is 604. The van der Waals surface area contributed by atoms with E-state index in [4.69, 9.17) is 22.1 Å². The SMILES string of the molecule is COc1ccc(C(N)c2ccc(Br)cc2Cl)cc1Br. The second-order valence-corrected chi connectivity index (χ2v) is 6.21. The summed E-state index contributed by atoms with van der Waals surface area (Å²) in [7, 11) is 1.63. The molecule has 0 aliphatic heterocycles. The Kier molecular flexibility index (Phi) is 4.90. The summed E-state index contributed by atoms with van der Waals surface area (Å²) in [5, 5.41) is 0.647. The van der Waals surface area contributed by atoms with Crippen molar-refractivity contribution in [2.75, 3.05) is 7.11 Å². The van der Waals surface area contributed by atoms with Crippen LogP contribution in [0.4, 0.5) is 0 Å². The Morgan fingerprint density at radius 3 is 2.47 bits per heavy atom. The van der Waals surface area contributed by atoms with Crippen molar-refractivity contribution >= 4 is 43.5 Å². The molecule has 2 aromatic rings. The van der Waals surface area contributed by atoms with Crippen LogP contribution < -0.4 is 10.5 Å². The van der Waals surface area contributed by atoms with Crippen LogP contribution in [0.2, 0.25) is 5.02 Å². The zero-order valence-electron chi connectivity index (χ0n) is 10.2. The van der Waals surface area contributed by atoms with Crippen molar-refractivity contribution in [3.8, 4) is 5.75 Å². The largest absolute Gasteiger partial charge is 0.496 e. The lowest BCUT2D eigenvalue weighted by Gasteiger charge is -2.15. The lowest BCUT2D eigenvalue weighted by molar-refractivity contribution is 0.412. The summed E-state index contributed by atoms with van der Waals surface area (Å²) in [6, 6.07) is 11.2. The predicted molar refractivity (Wildman–Crippen MR) is 85.9 cm³/mol. The highest BCUT2D eigenvalue weighted by molar-refractivity contribution is 9.10. The maximum atomic E-state index is 6.27. The number of hydrogen-bond acceptors (Lipinski definition) is 2. The Morgan fingerprint density at radius 1 is 1.16 bits per heavy atom. The molecule has 0 aliphatic rings. The fourth-order valence-corrected chi connectivity index (χ4v) is 3.16. The van der Waals surface area contributed by atoms with Crippen molar-refractivity contribution in [1.29, 1.82) is 0 Å². The van der Waals surface area contributed by atoms with Gasteiger partial charge in [-0.1, -0.05) is 39.7 Å². The molecule has 2 rings (SSSR count). The van der Waals surface area contributed by atoms with Crippen molar-refractivity contribution < 1.29 is 4.74 Å². The number of hydrogen-bond donors (Lipinski definition) is 1. The molecule has 0 radical (unpaired) electrons. The molecule has 1 unspecified atom stereocenters. The number of halogens is 3. The lowest BCUT2D eigenvalue weighted by Crippen LogP contribution is -2.12. The lowest BCUT2D eigenvalue weighted by atomic mass is 9.99. The Morgan fingerprint density at radius 2 is 1.89 bits per heavy atom. The summed E-state index contributed by atoms with van der Waals surface area (Å²) < 4.78 is 7.01. The van der Waals surface area contributed by atoms with E-state index in [1.807, 2.05) is 36.4 Å². The number of methoxy groups -OCH3 is 1. The topological polar surface area (TPSA) is 35.2 Å². The molecular weight excluding hydrogens is 393 g/mol. The van der Waals surface area contributed by atoms with E-state index in [-0.39, 0.29) is 6.04 Å². The van der Waals surface area contributed by atoms with Crippen molar-refractivity contribution in [3.63, 3.8) is 0 Å². The molecule has 2 N–H and O–H groups in total. The first-order valence-corrected chi connectivity index (χ1v) is 7.53. The molecule has 0 fully saturated rings. The van der Waals surface area contributed by atoms with Gasteiger partial charge in [0.05, 0.1) is 17.6 Å². The van der Waals surface area contributed by atoms with Gasteiger partial charge in [-0.15, -0.1) is 0 Å². The Labute approximate surface area is 134 Å². The quantitative estimate of drug-likeness (QED) is 0.787. The molecule has 0 bridgehead atoms. The highest BCUT2D eigenvalue weighted by atomic mass is 79.9. The monoisotopic (exact) mass is 403 g/mol. The zero-order valence-corrected chi connectivity index (χ0v) is 14.1. The predicted octanol–water partition coefficient (Wildman–Crippen LogP) is 4.92. The van der Waals surface area contributed by atoms with E-state index in [0.29, 0.717) is 5.02 Å². The van der Waals surface area contributed by atoms with Crippen LogP contribution in [0, 0.1) is 0 Å². The van der Waals surface area contributed by atoms with Gasteiger partial charge >= 0.3 is 0 Å². The summed E-state index contributed by atoms with van der Waals surface area (Å²) in [6.45, 7) is 0. The number of nitrogens with two attached hydrogens (primary N) is 1. The second kappa shape index (κ2) is 6.27. The molecule has 1 atom stereocenters. The number of benzene rings is 2. The van der Waals surface area contributed by atoms with Gasteiger partial charge in [0, 0.05) is 9.50 Å². The smallest absolute Gasteiger partial charge is 0.133 e. The Hall–Kier alpha value is -0.550. The molecule has 0 amide bonds. The van der Waals surface area contributed by atoms with Gasteiger partial charge < -0.3 is 10.5 Å². The van der Waals surface area contributed by atoms with Crippen LogP contribution >= 0.6 is 43.5 Å². The summed E-state index contributed by atoms with van der Waals surface area (Å²) in [6.07, 6.45) is 0. The van der Waals surface area contributed by atoms with E-state index < -0.39 is 0 Å². The minimum Gasteiger partial charge on any atom is -0.496 e. The summed E-state index contributed by atoms with van der Waals surface area (Å²) in [5.41, 5.74) is 8.13. The molecule has 0 heterocycles. The first-order valence-electron chi connectivity index (χ1n) is 5.57. The minimum absolute atomic E-state index is 0.275. The van der Waals surface area contributed by atoms with E-state index in [9.17, 15) is 0 Å². The highest BCUT2D eigenvalue weighted by Gasteiger charge is 2.14. The van der Waals surface area contributed by atoms with Gasteiger partial charge in [0.2, 0.25) is 0 Å². The maximum Gasteiger partial charge on any atom is 0.133 e. The van der Waals surface area contributed by atoms with Crippen molar-refractivity contribution in [2.45, 2.75) is 6.04 Å². The molecular formula is C14H12Br2ClNO. The van der Waals surface area contributed by atoms with E-state index in [1.165, 1.54) is 0 Å². The molecule has 5 heteroatoms. The van der Waals surface area contributed by atoms with Gasteiger partial charge in [0.15, 0.2) is 0 Å². The molecule has 100 valence electrons. The second-order valence-electron chi connectivity index (χ2n) is 4.04. The normalized spacial score (nSPS) is 12.3. The summed E-state index contributed by atoms with van der Waals surface area (Å²) >= 11 is 13.1. The van der Waals surface area contributed by atoms with Crippen LogP contribution in [-0.2, 0) is 0 Å². The van der Waals surface area contributed by atoms with Crippen molar-refractivity contribution in [1.82, 2.24) is 0 Å². The first kappa shape index (κ1) is 14.9. The number of ether oxygens (including phenoxy) is 1. The molecule has 0 aliphatic carbocycles.